The zero-order valence-corrected chi connectivity index (χ0v) is 5.20. The van der Waals surface area contributed by atoms with Crippen molar-refractivity contribution in [3.05, 3.63) is 24.9 Å². The van der Waals surface area contributed by atoms with Gasteiger partial charge in [-0.15, -0.1) is 0 Å². The van der Waals surface area contributed by atoms with Crippen LogP contribution in [0.5, 0.6) is 0 Å². The average molecular weight is 121 g/mol. The minimum atomic E-state index is 0.667. The molecule has 0 unspecified atom stereocenters. The monoisotopic (exact) mass is 121 g/mol. The van der Waals surface area contributed by atoms with Crippen LogP contribution in [0.15, 0.2) is 18.5 Å². The van der Waals surface area contributed by atoms with E-state index in [4.69, 9.17) is 0 Å². The van der Waals surface area contributed by atoms with E-state index in [1.807, 2.05) is 23.1 Å². The van der Waals surface area contributed by atoms with E-state index in [1.165, 1.54) is 12.8 Å². The maximum Gasteiger partial charge on any atom is 0.0524 e. The Morgan fingerprint density at radius 1 is 1.44 bits per heavy atom. The molecule has 0 amide bonds. The minimum absolute atomic E-state index is 0.667. The molecule has 1 fully saturated rings. The van der Waals surface area contributed by atoms with Crippen LogP contribution in [0.2, 0.25) is 0 Å². The van der Waals surface area contributed by atoms with E-state index in [-0.39, 0.29) is 0 Å². The van der Waals surface area contributed by atoms with Crippen molar-refractivity contribution in [2.45, 2.75) is 18.9 Å². The zero-order chi connectivity index (χ0) is 6.10. The SMILES string of the molecule is [CH]1CC(n2cccn2)C1. The second kappa shape index (κ2) is 1.87. The predicted molar refractivity (Wildman–Crippen MR) is 34.8 cm³/mol. The van der Waals surface area contributed by atoms with Crippen LogP contribution >= 0.6 is 0 Å². The molecule has 0 bridgehead atoms. The lowest BCUT2D eigenvalue weighted by Crippen LogP contribution is -2.17. The summed E-state index contributed by atoms with van der Waals surface area (Å²) in [7, 11) is 0. The van der Waals surface area contributed by atoms with E-state index in [0.29, 0.717) is 6.04 Å². The van der Waals surface area contributed by atoms with Crippen molar-refractivity contribution >= 4 is 0 Å². The summed E-state index contributed by atoms with van der Waals surface area (Å²) < 4.78 is 2.03. The van der Waals surface area contributed by atoms with Crippen molar-refractivity contribution in [2.24, 2.45) is 0 Å². The molecule has 2 nitrogen and oxygen atoms in total. The normalized spacial score (nSPS) is 19.6. The lowest BCUT2D eigenvalue weighted by molar-refractivity contribution is 0.365. The lowest BCUT2D eigenvalue weighted by Gasteiger charge is -2.24. The summed E-state index contributed by atoms with van der Waals surface area (Å²) in [4.78, 5) is 0. The molecule has 1 radical (unpaired) electrons. The van der Waals surface area contributed by atoms with Crippen LogP contribution in [0, 0.1) is 6.42 Å². The molecule has 9 heavy (non-hydrogen) atoms. The minimum Gasteiger partial charge on any atom is -0.270 e. The van der Waals surface area contributed by atoms with Gasteiger partial charge in [-0.2, -0.15) is 5.10 Å². The van der Waals surface area contributed by atoms with Crippen molar-refractivity contribution in [3.8, 4) is 0 Å². The molecular weight excluding hydrogens is 112 g/mol. The van der Waals surface area contributed by atoms with Crippen molar-refractivity contribution in [1.82, 2.24) is 9.78 Å². The quantitative estimate of drug-likeness (QED) is 0.549. The number of aromatic nitrogens is 2. The summed E-state index contributed by atoms with van der Waals surface area (Å²) in [6.45, 7) is 0. The Balaban J connectivity index is 2.14. The molecule has 0 saturated heterocycles. The first-order chi connectivity index (χ1) is 4.47. The van der Waals surface area contributed by atoms with Gasteiger partial charge in [-0.05, 0) is 25.3 Å². The first kappa shape index (κ1) is 5.03. The maximum atomic E-state index is 4.13. The first-order valence-electron chi connectivity index (χ1n) is 3.27. The third-order valence-corrected chi connectivity index (χ3v) is 1.78. The van der Waals surface area contributed by atoms with Gasteiger partial charge in [-0.3, -0.25) is 4.68 Å². The fourth-order valence-corrected chi connectivity index (χ4v) is 1.03. The van der Waals surface area contributed by atoms with Gasteiger partial charge in [-0.25, -0.2) is 0 Å². The second-order valence-corrected chi connectivity index (χ2v) is 2.40. The highest BCUT2D eigenvalue weighted by molar-refractivity contribution is 4.92. The molecule has 1 aromatic rings. The van der Waals surface area contributed by atoms with Gasteiger partial charge in [-0.1, -0.05) is 0 Å². The molecule has 1 heterocycles. The molecule has 0 atom stereocenters. The van der Waals surface area contributed by atoms with Crippen LogP contribution in [-0.2, 0) is 0 Å². The summed E-state index contributed by atoms with van der Waals surface area (Å²) in [6, 6.07) is 2.64. The van der Waals surface area contributed by atoms with Crippen molar-refractivity contribution < 1.29 is 0 Å². The van der Waals surface area contributed by atoms with E-state index >= 15 is 0 Å². The molecule has 0 aliphatic heterocycles. The van der Waals surface area contributed by atoms with E-state index in [1.54, 1.807) is 0 Å². The predicted octanol–water partition coefficient (Wildman–Crippen LogP) is 1.42. The smallest absolute Gasteiger partial charge is 0.0524 e. The molecule has 1 aliphatic carbocycles. The average Bonchev–Trinajstić information content (AvgIpc) is 2.11. The Morgan fingerprint density at radius 2 is 2.33 bits per heavy atom. The Labute approximate surface area is 54.5 Å². The maximum absolute atomic E-state index is 4.13. The third-order valence-electron chi connectivity index (χ3n) is 1.78. The number of nitrogens with zero attached hydrogens (tertiary/aromatic N) is 2. The highest BCUT2D eigenvalue weighted by Gasteiger charge is 2.18. The Hall–Kier alpha value is -0.790. The van der Waals surface area contributed by atoms with Gasteiger partial charge < -0.3 is 0 Å². The fraction of sp³-hybridized carbons (Fsp3) is 0.429. The second-order valence-electron chi connectivity index (χ2n) is 2.40. The Bertz CT molecular complexity index is 175. The molecule has 0 aromatic carbocycles. The molecule has 1 aliphatic rings. The molecule has 0 spiro atoms. The number of hydrogen-bond donors (Lipinski definition) is 0. The first-order valence-corrected chi connectivity index (χ1v) is 3.27. The zero-order valence-electron chi connectivity index (χ0n) is 5.20. The Kier molecular flexibility index (Phi) is 1.04. The van der Waals surface area contributed by atoms with Gasteiger partial charge in [0.25, 0.3) is 0 Å². The van der Waals surface area contributed by atoms with Gasteiger partial charge in [0.2, 0.25) is 0 Å². The van der Waals surface area contributed by atoms with Gasteiger partial charge in [0.1, 0.15) is 0 Å². The molecule has 1 aromatic heterocycles. The summed E-state index contributed by atoms with van der Waals surface area (Å²) in [5.41, 5.74) is 0. The van der Waals surface area contributed by atoms with E-state index < -0.39 is 0 Å². The van der Waals surface area contributed by atoms with Crippen molar-refractivity contribution in [1.29, 1.82) is 0 Å². The standard InChI is InChI=1S/C7H9N2/c1-3-7(4-1)9-6-2-5-8-9/h1-2,5-7H,3-4H2. The third kappa shape index (κ3) is 0.745. The van der Waals surface area contributed by atoms with Crippen LogP contribution in [-0.4, -0.2) is 9.78 Å². The van der Waals surface area contributed by atoms with Crippen LogP contribution < -0.4 is 0 Å². The highest BCUT2D eigenvalue weighted by atomic mass is 15.3. The molecule has 2 rings (SSSR count). The van der Waals surface area contributed by atoms with Crippen LogP contribution in [0.1, 0.15) is 18.9 Å². The van der Waals surface area contributed by atoms with Crippen molar-refractivity contribution in [2.75, 3.05) is 0 Å². The summed E-state index contributed by atoms with van der Waals surface area (Å²) in [5, 5.41) is 4.13. The van der Waals surface area contributed by atoms with Gasteiger partial charge in [0, 0.05) is 12.4 Å². The van der Waals surface area contributed by atoms with Gasteiger partial charge >= 0.3 is 0 Å². The molecule has 47 valence electrons. The van der Waals surface area contributed by atoms with Crippen molar-refractivity contribution in [3.63, 3.8) is 0 Å². The number of rotatable bonds is 1. The van der Waals surface area contributed by atoms with E-state index in [0.717, 1.165) is 0 Å². The number of hydrogen-bond acceptors (Lipinski definition) is 1. The van der Waals surface area contributed by atoms with E-state index in [9.17, 15) is 0 Å². The lowest BCUT2D eigenvalue weighted by atomic mass is 9.93. The van der Waals surface area contributed by atoms with Gasteiger partial charge in [0.15, 0.2) is 0 Å². The topological polar surface area (TPSA) is 17.8 Å². The highest BCUT2D eigenvalue weighted by Crippen LogP contribution is 2.28. The molecule has 0 N–H and O–H groups in total. The summed E-state index contributed by atoms with van der Waals surface area (Å²) >= 11 is 0. The fourth-order valence-electron chi connectivity index (χ4n) is 1.03. The molecule has 1 saturated carbocycles. The summed E-state index contributed by atoms with van der Waals surface area (Å²) in [6.07, 6.45) is 8.53. The van der Waals surface area contributed by atoms with E-state index in [2.05, 4.69) is 11.5 Å². The van der Waals surface area contributed by atoms with Crippen LogP contribution in [0.4, 0.5) is 0 Å². The van der Waals surface area contributed by atoms with Crippen LogP contribution in [0.3, 0.4) is 0 Å². The van der Waals surface area contributed by atoms with Gasteiger partial charge in [0.05, 0.1) is 6.04 Å². The van der Waals surface area contributed by atoms with Crippen LogP contribution in [0.25, 0.3) is 0 Å². The molecular formula is C7H9N2. The molecule has 2 heteroatoms. The Morgan fingerprint density at radius 3 is 2.78 bits per heavy atom. The summed E-state index contributed by atoms with van der Waals surface area (Å²) in [5.74, 6) is 0. The largest absolute Gasteiger partial charge is 0.270 e.